The fourth-order valence-electron chi connectivity index (χ4n) is 5.21. The van der Waals surface area contributed by atoms with Crippen LogP contribution in [0.3, 0.4) is 0 Å². The van der Waals surface area contributed by atoms with Crippen molar-refractivity contribution >= 4 is 46.6 Å². The van der Waals surface area contributed by atoms with Gasteiger partial charge in [0, 0.05) is 12.5 Å². The van der Waals surface area contributed by atoms with Crippen LogP contribution in [0.1, 0.15) is 23.1 Å². The lowest BCUT2D eigenvalue weighted by molar-refractivity contribution is -0.0459. The maximum atomic E-state index is 13.9. The summed E-state index contributed by atoms with van der Waals surface area (Å²) in [5, 5.41) is 0.399. The molecule has 6 rings (SSSR count). The van der Waals surface area contributed by atoms with Gasteiger partial charge in [0.2, 0.25) is 5.88 Å². The molecular weight excluding hydrogens is 570 g/mol. The third-order valence-corrected chi connectivity index (χ3v) is 8.24. The normalized spacial score (nSPS) is 17.4. The summed E-state index contributed by atoms with van der Waals surface area (Å²) in [5.74, 6) is 0.315. The van der Waals surface area contributed by atoms with Gasteiger partial charge in [0.1, 0.15) is 16.9 Å². The minimum Gasteiger partial charge on any atom is -0.472 e. The SMILES string of the molecule is FSn1c(O[C@@H]2COC(COC(c3ccccc3)(c3ccccc3)c3ccccc3)C2)cc2nc(Cl)c(Cl)cc21. The Bertz CT molecular complexity index is 1490. The van der Waals surface area contributed by atoms with Crippen molar-refractivity contribution in [2.24, 2.45) is 0 Å². The summed E-state index contributed by atoms with van der Waals surface area (Å²) < 4.78 is 34.4. The van der Waals surface area contributed by atoms with Crippen molar-refractivity contribution < 1.29 is 18.1 Å². The molecule has 40 heavy (non-hydrogen) atoms. The molecule has 1 aliphatic rings. The van der Waals surface area contributed by atoms with E-state index in [1.165, 1.54) is 3.97 Å². The molecule has 0 N–H and O–H groups in total. The van der Waals surface area contributed by atoms with Crippen molar-refractivity contribution in [3.8, 4) is 5.88 Å². The van der Waals surface area contributed by atoms with E-state index in [2.05, 4.69) is 41.4 Å². The zero-order chi connectivity index (χ0) is 27.5. The van der Waals surface area contributed by atoms with Gasteiger partial charge in [-0.15, -0.1) is 3.89 Å². The van der Waals surface area contributed by atoms with Crippen LogP contribution in [0.4, 0.5) is 3.89 Å². The average molecular weight is 596 g/mol. The van der Waals surface area contributed by atoms with Gasteiger partial charge in [0.05, 0.1) is 35.4 Å². The smallest absolute Gasteiger partial charge is 0.208 e. The summed E-state index contributed by atoms with van der Waals surface area (Å²) in [6, 6.07) is 33.9. The number of pyridine rings is 1. The Balaban J connectivity index is 1.25. The van der Waals surface area contributed by atoms with Gasteiger partial charge in [-0.05, 0) is 22.8 Å². The Morgan fingerprint density at radius 3 is 2.02 bits per heavy atom. The van der Waals surface area contributed by atoms with Gasteiger partial charge in [-0.2, -0.15) is 0 Å². The van der Waals surface area contributed by atoms with Crippen molar-refractivity contribution in [1.29, 1.82) is 0 Å². The van der Waals surface area contributed by atoms with Crippen LogP contribution in [0.5, 0.6) is 5.88 Å². The maximum Gasteiger partial charge on any atom is 0.208 e. The van der Waals surface area contributed by atoms with Crippen LogP contribution in [-0.4, -0.2) is 34.4 Å². The number of halogens is 3. The highest BCUT2D eigenvalue weighted by Gasteiger charge is 2.39. The molecule has 0 spiro atoms. The number of hydrogen-bond acceptors (Lipinski definition) is 5. The highest BCUT2D eigenvalue weighted by molar-refractivity contribution is 7.93. The fraction of sp³-hybridized carbons (Fsp3) is 0.194. The molecule has 0 saturated carbocycles. The minimum atomic E-state index is -0.840. The van der Waals surface area contributed by atoms with Crippen LogP contribution in [-0.2, 0) is 15.1 Å². The Hall–Kier alpha value is -3.07. The molecule has 3 heterocycles. The summed E-state index contributed by atoms with van der Waals surface area (Å²) in [5.41, 5.74) is 3.20. The Morgan fingerprint density at radius 1 is 0.900 bits per heavy atom. The Labute approximate surface area is 246 Å². The first-order valence-electron chi connectivity index (χ1n) is 12.8. The average Bonchev–Trinajstić information content (AvgIpc) is 3.58. The molecule has 3 aromatic carbocycles. The molecule has 2 aromatic heterocycles. The first-order chi connectivity index (χ1) is 19.6. The predicted molar refractivity (Wildman–Crippen MR) is 158 cm³/mol. The fourth-order valence-corrected chi connectivity index (χ4v) is 5.89. The maximum absolute atomic E-state index is 13.9. The van der Waals surface area contributed by atoms with E-state index in [9.17, 15) is 3.89 Å². The molecule has 2 atom stereocenters. The van der Waals surface area contributed by atoms with Gasteiger partial charge >= 0.3 is 0 Å². The summed E-state index contributed by atoms with van der Waals surface area (Å²) in [7, 11) is 0. The molecule has 0 bridgehead atoms. The third-order valence-electron chi connectivity index (χ3n) is 7.05. The summed E-state index contributed by atoms with van der Waals surface area (Å²) in [6.07, 6.45) is 0.0507. The van der Waals surface area contributed by atoms with E-state index < -0.39 is 5.60 Å². The highest BCUT2D eigenvalue weighted by atomic mass is 35.5. The van der Waals surface area contributed by atoms with Crippen molar-refractivity contribution in [1.82, 2.24) is 8.96 Å². The second-order valence-corrected chi connectivity index (χ2v) is 10.8. The number of rotatable bonds is 9. The van der Waals surface area contributed by atoms with Crippen LogP contribution in [0.25, 0.3) is 11.0 Å². The molecule has 5 aromatic rings. The number of ether oxygens (including phenoxy) is 3. The van der Waals surface area contributed by atoms with Gasteiger partial charge < -0.3 is 14.2 Å². The molecule has 1 aliphatic heterocycles. The lowest BCUT2D eigenvalue weighted by Crippen LogP contribution is -2.35. The predicted octanol–water partition coefficient (Wildman–Crippen LogP) is 8.27. The first-order valence-corrected chi connectivity index (χ1v) is 14.3. The van der Waals surface area contributed by atoms with Crippen LogP contribution >= 0.6 is 35.5 Å². The van der Waals surface area contributed by atoms with Crippen molar-refractivity contribution in [2.75, 3.05) is 13.2 Å². The van der Waals surface area contributed by atoms with Crippen LogP contribution in [0.15, 0.2) is 103 Å². The van der Waals surface area contributed by atoms with Crippen LogP contribution in [0, 0.1) is 0 Å². The van der Waals surface area contributed by atoms with Crippen molar-refractivity contribution in [3.63, 3.8) is 0 Å². The largest absolute Gasteiger partial charge is 0.472 e. The molecule has 204 valence electrons. The molecule has 0 radical (unpaired) electrons. The number of aromatic nitrogens is 2. The summed E-state index contributed by atoms with van der Waals surface area (Å²) in [6.45, 7) is 0.669. The number of nitrogens with zero attached hydrogens (tertiary/aromatic N) is 2. The molecular formula is C31H25Cl2FN2O3S. The molecule has 1 saturated heterocycles. The van der Waals surface area contributed by atoms with Crippen molar-refractivity contribution in [2.45, 2.75) is 24.2 Å². The number of hydrogen-bond donors (Lipinski definition) is 0. The molecule has 5 nitrogen and oxygen atoms in total. The molecule has 0 aliphatic carbocycles. The van der Waals surface area contributed by atoms with Gasteiger partial charge in [0.25, 0.3) is 0 Å². The van der Waals surface area contributed by atoms with Crippen molar-refractivity contribution in [3.05, 3.63) is 130 Å². The zero-order valence-corrected chi connectivity index (χ0v) is 23.6. The van der Waals surface area contributed by atoms with E-state index in [0.29, 0.717) is 36.5 Å². The van der Waals surface area contributed by atoms with E-state index in [-0.39, 0.29) is 34.7 Å². The Morgan fingerprint density at radius 2 is 1.48 bits per heavy atom. The lowest BCUT2D eigenvalue weighted by atomic mass is 9.80. The first kappa shape index (κ1) is 27.1. The lowest BCUT2D eigenvalue weighted by Gasteiger charge is -2.36. The van der Waals surface area contributed by atoms with Gasteiger partial charge in [0.15, 0.2) is 12.3 Å². The number of fused-ring (bicyclic) bond motifs is 1. The highest BCUT2D eigenvalue weighted by Crippen LogP contribution is 2.41. The second-order valence-electron chi connectivity index (χ2n) is 9.53. The monoisotopic (exact) mass is 594 g/mol. The molecule has 0 amide bonds. The topological polar surface area (TPSA) is 45.5 Å². The quantitative estimate of drug-likeness (QED) is 0.127. The van der Waals surface area contributed by atoms with Gasteiger partial charge in [-0.1, -0.05) is 114 Å². The third kappa shape index (κ3) is 5.20. The van der Waals surface area contributed by atoms with E-state index in [0.717, 1.165) is 16.7 Å². The molecule has 1 unspecified atom stereocenters. The van der Waals surface area contributed by atoms with E-state index in [1.807, 2.05) is 54.6 Å². The second kappa shape index (κ2) is 11.8. The van der Waals surface area contributed by atoms with E-state index in [1.54, 1.807) is 12.1 Å². The van der Waals surface area contributed by atoms with Crippen LogP contribution < -0.4 is 4.74 Å². The van der Waals surface area contributed by atoms with E-state index in [4.69, 9.17) is 37.4 Å². The Kier molecular flexibility index (Phi) is 8.01. The zero-order valence-electron chi connectivity index (χ0n) is 21.3. The van der Waals surface area contributed by atoms with Gasteiger partial charge in [-0.25, -0.2) is 8.96 Å². The molecule has 1 fully saturated rings. The standard InChI is InChI=1S/C31H25Cl2FN2O3S/c32-26-17-28-27(35-30(26)33)18-29(36(28)40-34)39-25-16-24(37-19-25)20-38-31(21-10-4-1-5-11-21,22-12-6-2-7-13-22)23-14-8-3-9-15-23/h1-15,17-18,24-25H,16,19-20H2/t24?,25-/m0/s1. The minimum absolute atomic E-state index is 0.0212. The van der Waals surface area contributed by atoms with Crippen LogP contribution in [0.2, 0.25) is 10.2 Å². The van der Waals surface area contributed by atoms with E-state index >= 15 is 0 Å². The summed E-state index contributed by atoms with van der Waals surface area (Å²) in [4.78, 5) is 4.24. The summed E-state index contributed by atoms with van der Waals surface area (Å²) >= 11 is 12.2. The number of benzene rings is 3. The van der Waals surface area contributed by atoms with Gasteiger partial charge in [-0.3, -0.25) is 0 Å². The molecule has 9 heteroatoms.